The summed E-state index contributed by atoms with van der Waals surface area (Å²) in [7, 11) is 0. The van der Waals surface area contributed by atoms with Gasteiger partial charge in [0.1, 0.15) is 5.82 Å². The first-order chi connectivity index (χ1) is 12.6. The van der Waals surface area contributed by atoms with Gasteiger partial charge in [-0.2, -0.15) is 0 Å². The summed E-state index contributed by atoms with van der Waals surface area (Å²) in [6.45, 7) is 4.25. The maximum Gasteiger partial charge on any atom is 0.338 e. The number of anilines is 2. The molecule has 0 unspecified atom stereocenters. The van der Waals surface area contributed by atoms with Crippen molar-refractivity contribution in [2.45, 2.75) is 20.3 Å². The van der Waals surface area contributed by atoms with Crippen LogP contribution in [0.3, 0.4) is 0 Å². The van der Waals surface area contributed by atoms with Crippen molar-refractivity contribution in [3.8, 4) is 0 Å². The average Bonchev–Trinajstić information content (AvgIpc) is 2.62. The highest BCUT2D eigenvalue weighted by molar-refractivity contribution is 5.90. The molecule has 0 radical (unpaired) electrons. The summed E-state index contributed by atoms with van der Waals surface area (Å²) in [5, 5.41) is 3.26. The zero-order valence-corrected chi connectivity index (χ0v) is 15.0. The van der Waals surface area contributed by atoms with Gasteiger partial charge in [-0.15, -0.1) is 0 Å². The maximum absolute atomic E-state index is 11.9. The van der Waals surface area contributed by atoms with Gasteiger partial charge >= 0.3 is 5.97 Å². The van der Waals surface area contributed by atoms with Crippen molar-refractivity contribution in [3.63, 3.8) is 0 Å². The Hall–Kier alpha value is -3.14. The van der Waals surface area contributed by atoms with Gasteiger partial charge in [-0.05, 0) is 61.7 Å². The number of hydrogen-bond acceptors (Lipinski definition) is 4. The number of hydrogen-bond donors (Lipinski definition) is 1. The SMILES string of the molecule is CCOC(=O)c1cccc(Nc2cc(Cc3cccc(C)c3)ccn2)c1. The molecule has 0 saturated carbocycles. The Kier molecular flexibility index (Phi) is 5.64. The fraction of sp³-hybridized carbons (Fsp3) is 0.182. The number of aromatic nitrogens is 1. The predicted molar refractivity (Wildman–Crippen MR) is 104 cm³/mol. The molecule has 0 atom stereocenters. The molecule has 1 N–H and O–H groups in total. The molecule has 2 aromatic carbocycles. The highest BCUT2D eigenvalue weighted by Gasteiger charge is 2.07. The van der Waals surface area contributed by atoms with Crippen LogP contribution in [0.4, 0.5) is 11.5 Å². The molecule has 0 saturated heterocycles. The molecule has 26 heavy (non-hydrogen) atoms. The Morgan fingerprint density at radius 1 is 1.04 bits per heavy atom. The highest BCUT2D eigenvalue weighted by atomic mass is 16.5. The fourth-order valence-corrected chi connectivity index (χ4v) is 2.80. The first-order valence-corrected chi connectivity index (χ1v) is 8.69. The van der Waals surface area contributed by atoms with Gasteiger partial charge in [0.2, 0.25) is 0 Å². The van der Waals surface area contributed by atoms with E-state index < -0.39 is 0 Å². The topological polar surface area (TPSA) is 51.2 Å². The molecule has 0 spiro atoms. The molecular weight excluding hydrogens is 324 g/mol. The first-order valence-electron chi connectivity index (χ1n) is 8.69. The number of aryl methyl sites for hydroxylation is 1. The third kappa shape index (κ3) is 4.70. The second-order valence-electron chi connectivity index (χ2n) is 6.14. The van der Waals surface area contributed by atoms with Gasteiger partial charge in [-0.1, -0.05) is 35.9 Å². The van der Waals surface area contributed by atoms with E-state index in [0.29, 0.717) is 12.2 Å². The number of rotatable bonds is 6. The third-order valence-electron chi connectivity index (χ3n) is 3.96. The van der Waals surface area contributed by atoms with Crippen molar-refractivity contribution in [1.29, 1.82) is 0 Å². The maximum atomic E-state index is 11.9. The van der Waals surface area contributed by atoms with Crippen LogP contribution in [0, 0.1) is 6.92 Å². The van der Waals surface area contributed by atoms with Crippen LogP contribution in [0.1, 0.15) is 34.0 Å². The number of pyridine rings is 1. The van der Waals surface area contributed by atoms with Crippen LogP contribution >= 0.6 is 0 Å². The van der Waals surface area contributed by atoms with Crippen LogP contribution in [-0.4, -0.2) is 17.6 Å². The molecule has 3 aromatic rings. The van der Waals surface area contributed by atoms with Crippen molar-refractivity contribution in [3.05, 3.63) is 89.1 Å². The summed E-state index contributed by atoms with van der Waals surface area (Å²) in [5.74, 6) is 0.425. The minimum Gasteiger partial charge on any atom is -0.462 e. The summed E-state index contributed by atoms with van der Waals surface area (Å²) in [5.41, 5.74) is 5.02. The Balaban J connectivity index is 1.74. The number of carbonyl (C=O) groups is 1. The standard InChI is InChI=1S/C22H22N2O2/c1-3-26-22(25)19-8-5-9-20(15-19)24-21-14-18(10-11-23-21)13-17-7-4-6-16(2)12-17/h4-12,14-15H,3,13H2,1-2H3,(H,23,24). The van der Waals surface area contributed by atoms with E-state index >= 15 is 0 Å². The molecule has 0 fully saturated rings. The Bertz CT molecular complexity index is 906. The van der Waals surface area contributed by atoms with Gasteiger partial charge in [0.05, 0.1) is 12.2 Å². The lowest BCUT2D eigenvalue weighted by Crippen LogP contribution is -2.05. The number of nitrogens with one attached hydrogen (secondary N) is 1. The zero-order chi connectivity index (χ0) is 18.4. The molecule has 3 rings (SSSR count). The van der Waals surface area contributed by atoms with Gasteiger partial charge in [0.25, 0.3) is 0 Å². The molecule has 4 nitrogen and oxygen atoms in total. The van der Waals surface area contributed by atoms with Crippen LogP contribution < -0.4 is 5.32 Å². The molecule has 0 aliphatic rings. The van der Waals surface area contributed by atoms with Gasteiger partial charge in [-0.25, -0.2) is 9.78 Å². The van der Waals surface area contributed by atoms with E-state index in [0.717, 1.165) is 17.9 Å². The average molecular weight is 346 g/mol. The lowest BCUT2D eigenvalue weighted by molar-refractivity contribution is 0.0526. The summed E-state index contributed by atoms with van der Waals surface area (Å²) >= 11 is 0. The van der Waals surface area contributed by atoms with E-state index in [4.69, 9.17) is 4.74 Å². The third-order valence-corrected chi connectivity index (χ3v) is 3.96. The van der Waals surface area contributed by atoms with E-state index in [9.17, 15) is 4.79 Å². The smallest absolute Gasteiger partial charge is 0.338 e. The summed E-state index contributed by atoms with van der Waals surface area (Å²) in [6.07, 6.45) is 2.64. The molecule has 0 bridgehead atoms. The van der Waals surface area contributed by atoms with E-state index in [-0.39, 0.29) is 5.97 Å². The van der Waals surface area contributed by atoms with Crippen molar-refractivity contribution < 1.29 is 9.53 Å². The van der Waals surface area contributed by atoms with Gasteiger partial charge < -0.3 is 10.1 Å². The predicted octanol–water partition coefficient (Wildman–Crippen LogP) is 4.90. The quantitative estimate of drug-likeness (QED) is 0.645. The van der Waals surface area contributed by atoms with Crippen LogP contribution in [0.15, 0.2) is 66.9 Å². The van der Waals surface area contributed by atoms with Crippen LogP contribution in [0.2, 0.25) is 0 Å². The second kappa shape index (κ2) is 8.30. The molecule has 0 amide bonds. The molecule has 4 heteroatoms. The van der Waals surface area contributed by atoms with Crippen LogP contribution in [0.25, 0.3) is 0 Å². The van der Waals surface area contributed by atoms with Crippen molar-refractivity contribution in [1.82, 2.24) is 4.98 Å². The Morgan fingerprint density at radius 3 is 2.65 bits per heavy atom. The Labute approximate surface area is 153 Å². The number of benzene rings is 2. The number of nitrogens with zero attached hydrogens (tertiary/aromatic N) is 1. The molecular formula is C22H22N2O2. The van der Waals surface area contributed by atoms with Gasteiger partial charge in [0, 0.05) is 11.9 Å². The number of carbonyl (C=O) groups excluding carboxylic acids is 1. The second-order valence-corrected chi connectivity index (χ2v) is 6.14. The molecule has 0 aliphatic heterocycles. The van der Waals surface area contributed by atoms with Crippen molar-refractivity contribution >= 4 is 17.5 Å². The largest absolute Gasteiger partial charge is 0.462 e. The Morgan fingerprint density at radius 2 is 1.85 bits per heavy atom. The minimum atomic E-state index is -0.322. The van der Waals surface area contributed by atoms with Gasteiger partial charge in [0.15, 0.2) is 0 Å². The number of ether oxygens (including phenoxy) is 1. The van der Waals surface area contributed by atoms with Crippen molar-refractivity contribution in [2.75, 3.05) is 11.9 Å². The minimum absolute atomic E-state index is 0.322. The molecule has 132 valence electrons. The van der Waals surface area contributed by atoms with E-state index in [1.165, 1.54) is 16.7 Å². The lowest BCUT2D eigenvalue weighted by atomic mass is 10.0. The zero-order valence-electron chi connectivity index (χ0n) is 15.0. The monoisotopic (exact) mass is 346 g/mol. The van der Waals surface area contributed by atoms with Gasteiger partial charge in [-0.3, -0.25) is 0 Å². The van der Waals surface area contributed by atoms with Crippen LogP contribution in [0.5, 0.6) is 0 Å². The van der Waals surface area contributed by atoms with E-state index in [1.807, 2.05) is 24.3 Å². The summed E-state index contributed by atoms with van der Waals surface area (Å²) < 4.78 is 5.05. The summed E-state index contributed by atoms with van der Waals surface area (Å²) in [6, 6.07) is 19.8. The normalized spacial score (nSPS) is 10.4. The van der Waals surface area contributed by atoms with E-state index in [1.54, 1.807) is 25.3 Å². The van der Waals surface area contributed by atoms with Crippen LogP contribution in [-0.2, 0) is 11.2 Å². The summed E-state index contributed by atoms with van der Waals surface area (Å²) in [4.78, 5) is 16.2. The van der Waals surface area contributed by atoms with Crippen molar-refractivity contribution in [2.24, 2.45) is 0 Å². The molecule has 1 heterocycles. The lowest BCUT2D eigenvalue weighted by Gasteiger charge is -2.09. The van der Waals surface area contributed by atoms with E-state index in [2.05, 4.69) is 41.5 Å². The molecule has 0 aliphatic carbocycles. The number of esters is 1. The highest BCUT2D eigenvalue weighted by Crippen LogP contribution is 2.19. The fourth-order valence-electron chi connectivity index (χ4n) is 2.80. The molecule has 1 aromatic heterocycles. The first kappa shape index (κ1) is 17.7.